The van der Waals surface area contributed by atoms with E-state index in [1.54, 1.807) is 6.07 Å². The number of ether oxygens (including phenoxy) is 1. The summed E-state index contributed by atoms with van der Waals surface area (Å²) in [6, 6.07) is 13.2. The number of rotatable bonds is 1. The minimum atomic E-state index is -0.228. The van der Waals surface area contributed by atoms with Gasteiger partial charge in [-0.3, -0.25) is 0 Å². The van der Waals surface area contributed by atoms with Crippen molar-refractivity contribution in [1.29, 1.82) is 0 Å². The Morgan fingerprint density at radius 1 is 1.00 bits per heavy atom. The summed E-state index contributed by atoms with van der Waals surface area (Å²) in [4.78, 5) is 0. The van der Waals surface area contributed by atoms with Crippen molar-refractivity contribution in [3.05, 3.63) is 71.0 Å². The zero-order valence-corrected chi connectivity index (χ0v) is 11.0. The van der Waals surface area contributed by atoms with Gasteiger partial charge in [0, 0.05) is 0 Å². The van der Waals surface area contributed by atoms with E-state index in [1.807, 2.05) is 31.2 Å². The van der Waals surface area contributed by atoms with Gasteiger partial charge in [-0.15, -0.1) is 0 Å². The molecule has 0 saturated carbocycles. The maximum Gasteiger partial charge on any atom is 0.143 e. The summed E-state index contributed by atoms with van der Waals surface area (Å²) < 4.78 is 19.7. The second-order valence-electron chi connectivity index (χ2n) is 4.91. The zero-order valence-electron chi connectivity index (χ0n) is 11.0. The smallest absolute Gasteiger partial charge is 0.143 e. The summed E-state index contributed by atoms with van der Waals surface area (Å²) in [6.45, 7) is 3.98. The number of hydrogen-bond acceptors (Lipinski definition) is 1. The van der Waals surface area contributed by atoms with Gasteiger partial charge in [0.2, 0.25) is 0 Å². The van der Waals surface area contributed by atoms with E-state index in [0.717, 1.165) is 11.1 Å². The maximum absolute atomic E-state index is 13.8. The van der Waals surface area contributed by atoms with Crippen LogP contribution in [0.4, 0.5) is 4.39 Å². The molecule has 1 aliphatic heterocycles. The largest absolute Gasteiger partial charge is 0.481 e. The third-order valence-electron chi connectivity index (χ3n) is 3.43. The molecular formula is C17H15FO. The van der Waals surface area contributed by atoms with Gasteiger partial charge in [-0.25, -0.2) is 4.39 Å². The first kappa shape index (κ1) is 12.0. The number of allylic oxidation sites excluding steroid dienone is 1. The summed E-state index contributed by atoms with van der Waals surface area (Å²) in [5.41, 5.74) is 3.79. The molecule has 0 unspecified atom stereocenters. The molecule has 0 aliphatic carbocycles. The lowest BCUT2D eigenvalue weighted by atomic mass is 9.97. The molecule has 96 valence electrons. The van der Waals surface area contributed by atoms with Crippen molar-refractivity contribution in [3.8, 4) is 5.75 Å². The SMILES string of the molecule is CC1=C[C@H](c2ccc(C)cc2)Oc2cccc(F)c21. The highest BCUT2D eigenvalue weighted by molar-refractivity contribution is 5.72. The van der Waals surface area contributed by atoms with Gasteiger partial charge in [-0.2, -0.15) is 0 Å². The topological polar surface area (TPSA) is 9.23 Å². The van der Waals surface area contributed by atoms with Crippen molar-refractivity contribution < 1.29 is 9.13 Å². The fourth-order valence-corrected chi connectivity index (χ4v) is 2.39. The maximum atomic E-state index is 13.8. The van der Waals surface area contributed by atoms with Crippen LogP contribution in [0.3, 0.4) is 0 Å². The Bertz CT molecular complexity index is 641. The fourth-order valence-electron chi connectivity index (χ4n) is 2.39. The zero-order chi connectivity index (χ0) is 13.4. The van der Waals surface area contributed by atoms with Crippen LogP contribution in [0.5, 0.6) is 5.75 Å². The van der Waals surface area contributed by atoms with Crippen LogP contribution < -0.4 is 4.74 Å². The Kier molecular flexibility index (Phi) is 2.86. The summed E-state index contributed by atoms with van der Waals surface area (Å²) in [5.74, 6) is 0.388. The molecule has 0 saturated heterocycles. The van der Waals surface area contributed by atoms with E-state index in [0.29, 0.717) is 11.3 Å². The van der Waals surface area contributed by atoms with Gasteiger partial charge in [-0.1, -0.05) is 35.9 Å². The Morgan fingerprint density at radius 3 is 2.47 bits per heavy atom. The standard InChI is InChI=1S/C17H15FO/c1-11-6-8-13(9-7-11)16-10-12(2)17-14(18)4-3-5-15(17)19-16/h3-10,16H,1-2H3/t16-/m1/s1. The molecule has 1 atom stereocenters. The molecule has 1 aliphatic rings. The Hall–Kier alpha value is -2.09. The first-order valence-electron chi connectivity index (χ1n) is 6.35. The number of benzene rings is 2. The average Bonchev–Trinajstić information content (AvgIpc) is 2.39. The van der Waals surface area contributed by atoms with Crippen molar-refractivity contribution in [2.24, 2.45) is 0 Å². The lowest BCUT2D eigenvalue weighted by molar-refractivity contribution is 0.249. The molecule has 2 heteroatoms. The molecule has 0 fully saturated rings. The van der Waals surface area contributed by atoms with Crippen LogP contribution in [0.2, 0.25) is 0 Å². The minimum Gasteiger partial charge on any atom is -0.481 e. The molecule has 2 aromatic rings. The quantitative estimate of drug-likeness (QED) is 0.718. The van der Waals surface area contributed by atoms with Gasteiger partial charge in [0.15, 0.2) is 0 Å². The number of aryl methyl sites for hydroxylation is 1. The van der Waals surface area contributed by atoms with E-state index in [-0.39, 0.29) is 11.9 Å². The third kappa shape index (κ3) is 2.14. The Balaban J connectivity index is 2.02. The monoisotopic (exact) mass is 254 g/mol. The van der Waals surface area contributed by atoms with Gasteiger partial charge in [-0.05, 0) is 43.2 Å². The first-order chi connectivity index (χ1) is 9.15. The molecule has 0 N–H and O–H groups in total. The van der Waals surface area contributed by atoms with Gasteiger partial charge < -0.3 is 4.74 Å². The third-order valence-corrected chi connectivity index (χ3v) is 3.43. The predicted octanol–water partition coefficient (Wildman–Crippen LogP) is 4.67. The van der Waals surface area contributed by atoms with Gasteiger partial charge in [0.25, 0.3) is 0 Å². The molecular weight excluding hydrogens is 239 g/mol. The highest BCUT2D eigenvalue weighted by atomic mass is 19.1. The lowest BCUT2D eigenvalue weighted by Gasteiger charge is -2.25. The van der Waals surface area contributed by atoms with Crippen LogP contribution in [0.25, 0.3) is 5.57 Å². The van der Waals surface area contributed by atoms with Crippen molar-refractivity contribution >= 4 is 5.57 Å². The van der Waals surface area contributed by atoms with Crippen molar-refractivity contribution in [3.63, 3.8) is 0 Å². The molecule has 0 bridgehead atoms. The lowest BCUT2D eigenvalue weighted by Crippen LogP contribution is -2.11. The predicted molar refractivity (Wildman–Crippen MR) is 74.6 cm³/mol. The van der Waals surface area contributed by atoms with Crippen LogP contribution >= 0.6 is 0 Å². The van der Waals surface area contributed by atoms with E-state index in [1.165, 1.54) is 11.6 Å². The summed E-state index contributed by atoms with van der Waals surface area (Å²) in [6.07, 6.45) is 1.82. The average molecular weight is 254 g/mol. The van der Waals surface area contributed by atoms with Crippen LogP contribution in [0.1, 0.15) is 29.7 Å². The van der Waals surface area contributed by atoms with Gasteiger partial charge in [0.05, 0.1) is 5.56 Å². The van der Waals surface area contributed by atoms with E-state index >= 15 is 0 Å². The highest BCUT2D eigenvalue weighted by Gasteiger charge is 2.22. The number of hydrogen-bond donors (Lipinski definition) is 0. The van der Waals surface area contributed by atoms with E-state index < -0.39 is 0 Å². The second kappa shape index (κ2) is 4.54. The van der Waals surface area contributed by atoms with Crippen LogP contribution in [-0.4, -0.2) is 0 Å². The summed E-state index contributed by atoms with van der Waals surface area (Å²) >= 11 is 0. The van der Waals surface area contributed by atoms with Crippen LogP contribution in [0, 0.1) is 12.7 Å². The number of halogens is 1. The molecule has 0 spiro atoms. The van der Waals surface area contributed by atoms with Crippen LogP contribution in [0.15, 0.2) is 48.5 Å². The van der Waals surface area contributed by atoms with E-state index in [4.69, 9.17) is 4.74 Å². The molecule has 2 aromatic carbocycles. The molecule has 0 aromatic heterocycles. The van der Waals surface area contributed by atoms with Gasteiger partial charge >= 0.3 is 0 Å². The normalized spacial score (nSPS) is 17.4. The minimum absolute atomic E-state index is 0.144. The molecule has 3 rings (SSSR count). The summed E-state index contributed by atoms with van der Waals surface area (Å²) in [7, 11) is 0. The van der Waals surface area contributed by atoms with E-state index in [2.05, 4.69) is 19.1 Å². The van der Waals surface area contributed by atoms with E-state index in [9.17, 15) is 4.39 Å². The molecule has 19 heavy (non-hydrogen) atoms. The second-order valence-corrected chi connectivity index (χ2v) is 4.91. The van der Waals surface area contributed by atoms with Crippen molar-refractivity contribution in [2.75, 3.05) is 0 Å². The summed E-state index contributed by atoms with van der Waals surface area (Å²) in [5, 5.41) is 0. The molecule has 0 radical (unpaired) electrons. The highest BCUT2D eigenvalue weighted by Crippen LogP contribution is 2.38. The number of fused-ring (bicyclic) bond motifs is 1. The molecule has 1 nitrogen and oxygen atoms in total. The Labute approximate surface area is 112 Å². The Morgan fingerprint density at radius 2 is 1.74 bits per heavy atom. The molecule has 0 amide bonds. The fraction of sp³-hybridized carbons (Fsp3) is 0.176. The van der Waals surface area contributed by atoms with Gasteiger partial charge in [0.1, 0.15) is 17.7 Å². The molecule has 1 heterocycles. The van der Waals surface area contributed by atoms with Crippen LogP contribution in [-0.2, 0) is 0 Å². The van der Waals surface area contributed by atoms with Crippen molar-refractivity contribution in [1.82, 2.24) is 0 Å². The first-order valence-corrected chi connectivity index (χ1v) is 6.35. The van der Waals surface area contributed by atoms with Crippen molar-refractivity contribution in [2.45, 2.75) is 20.0 Å².